The maximum Gasteiger partial charge on any atom is 0.241 e. The molecule has 1 aromatic rings. The van der Waals surface area contributed by atoms with Gasteiger partial charge in [0.05, 0.1) is 18.3 Å². The Morgan fingerprint density at radius 3 is 2.74 bits per heavy atom. The molecule has 0 bridgehead atoms. The van der Waals surface area contributed by atoms with E-state index in [9.17, 15) is 4.79 Å². The zero-order valence-corrected chi connectivity index (χ0v) is 13.5. The van der Waals surface area contributed by atoms with E-state index in [4.69, 9.17) is 10.5 Å². The SMILES string of the molecule is CCCC(N)C(=O)Nc1ccc(Br)cc1OCC.Cl. The normalized spacial score (nSPS) is 11.4. The van der Waals surface area contributed by atoms with Crippen molar-refractivity contribution < 1.29 is 9.53 Å². The molecule has 1 atom stereocenters. The van der Waals surface area contributed by atoms with Crippen LogP contribution in [0.2, 0.25) is 0 Å². The summed E-state index contributed by atoms with van der Waals surface area (Å²) in [6.45, 7) is 4.44. The second kappa shape index (κ2) is 9.18. The van der Waals surface area contributed by atoms with Crippen LogP contribution in [0.15, 0.2) is 22.7 Å². The Kier molecular flexibility index (Phi) is 8.80. The van der Waals surface area contributed by atoms with Crippen LogP contribution in [-0.2, 0) is 4.79 Å². The maximum absolute atomic E-state index is 11.8. The van der Waals surface area contributed by atoms with Crippen molar-refractivity contribution in [1.29, 1.82) is 0 Å². The van der Waals surface area contributed by atoms with Gasteiger partial charge in [-0.2, -0.15) is 0 Å². The highest BCUT2D eigenvalue weighted by Gasteiger charge is 2.14. The van der Waals surface area contributed by atoms with Crippen LogP contribution >= 0.6 is 28.3 Å². The summed E-state index contributed by atoms with van der Waals surface area (Å²) in [7, 11) is 0. The van der Waals surface area contributed by atoms with Crippen LogP contribution in [0, 0.1) is 0 Å². The predicted molar refractivity (Wildman–Crippen MR) is 84.1 cm³/mol. The standard InChI is InChI=1S/C13H19BrN2O2.ClH/c1-3-5-10(15)13(17)16-11-7-6-9(14)8-12(11)18-4-2;/h6-8,10H,3-5,15H2,1-2H3,(H,16,17);1H. The average Bonchev–Trinajstić information content (AvgIpc) is 2.33. The number of amides is 1. The molecular weight excluding hydrogens is 332 g/mol. The van der Waals surface area contributed by atoms with Crippen molar-refractivity contribution in [1.82, 2.24) is 0 Å². The van der Waals surface area contributed by atoms with Gasteiger partial charge in [-0.25, -0.2) is 0 Å². The third-order valence-electron chi connectivity index (χ3n) is 2.44. The van der Waals surface area contributed by atoms with Gasteiger partial charge in [0, 0.05) is 4.47 Å². The van der Waals surface area contributed by atoms with Crippen molar-refractivity contribution >= 4 is 39.9 Å². The van der Waals surface area contributed by atoms with E-state index in [-0.39, 0.29) is 18.3 Å². The fourth-order valence-corrected chi connectivity index (χ4v) is 1.88. The summed E-state index contributed by atoms with van der Waals surface area (Å²) >= 11 is 3.37. The number of ether oxygens (including phenoxy) is 1. The van der Waals surface area contributed by atoms with Crippen LogP contribution in [0.5, 0.6) is 5.75 Å². The van der Waals surface area contributed by atoms with Crippen molar-refractivity contribution in [3.8, 4) is 5.75 Å². The Bertz CT molecular complexity index is 416. The molecule has 19 heavy (non-hydrogen) atoms. The lowest BCUT2D eigenvalue weighted by molar-refractivity contribution is -0.117. The minimum atomic E-state index is -0.479. The third kappa shape index (κ3) is 5.80. The predicted octanol–water partition coefficient (Wildman–Crippen LogP) is 3.34. The number of carbonyl (C=O) groups is 1. The first-order chi connectivity index (χ1) is 8.58. The van der Waals surface area contributed by atoms with Gasteiger partial charge in [-0.05, 0) is 31.5 Å². The number of halogens is 2. The molecule has 1 aromatic carbocycles. The van der Waals surface area contributed by atoms with E-state index in [2.05, 4.69) is 21.2 Å². The smallest absolute Gasteiger partial charge is 0.241 e. The first-order valence-electron chi connectivity index (χ1n) is 6.07. The summed E-state index contributed by atoms with van der Waals surface area (Å²) in [6, 6.07) is 4.99. The second-order valence-electron chi connectivity index (χ2n) is 3.96. The molecule has 0 aliphatic rings. The van der Waals surface area contributed by atoms with Gasteiger partial charge < -0.3 is 15.8 Å². The molecule has 1 unspecified atom stereocenters. The largest absolute Gasteiger partial charge is 0.492 e. The molecule has 0 radical (unpaired) electrons. The molecule has 0 aromatic heterocycles. The first-order valence-corrected chi connectivity index (χ1v) is 6.86. The van der Waals surface area contributed by atoms with Gasteiger partial charge >= 0.3 is 0 Å². The highest BCUT2D eigenvalue weighted by Crippen LogP contribution is 2.28. The number of anilines is 1. The van der Waals surface area contributed by atoms with E-state index in [0.29, 0.717) is 24.5 Å². The summed E-state index contributed by atoms with van der Waals surface area (Å²) in [4.78, 5) is 11.8. The quantitative estimate of drug-likeness (QED) is 0.826. The topological polar surface area (TPSA) is 64.4 Å². The zero-order chi connectivity index (χ0) is 13.5. The number of rotatable bonds is 6. The maximum atomic E-state index is 11.8. The van der Waals surface area contributed by atoms with Crippen molar-refractivity contribution in [3.05, 3.63) is 22.7 Å². The molecule has 108 valence electrons. The second-order valence-corrected chi connectivity index (χ2v) is 4.87. The monoisotopic (exact) mass is 350 g/mol. The number of hydrogen-bond acceptors (Lipinski definition) is 3. The highest BCUT2D eigenvalue weighted by atomic mass is 79.9. The van der Waals surface area contributed by atoms with Crippen LogP contribution in [0.1, 0.15) is 26.7 Å². The molecule has 4 nitrogen and oxygen atoms in total. The molecule has 3 N–H and O–H groups in total. The van der Waals surface area contributed by atoms with Crippen molar-refractivity contribution in [2.75, 3.05) is 11.9 Å². The van der Waals surface area contributed by atoms with Crippen molar-refractivity contribution in [3.63, 3.8) is 0 Å². The lowest BCUT2D eigenvalue weighted by atomic mass is 10.1. The Morgan fingerprint density at radius 1 is 1.47 bits per heavy atom. The minimum absolute atomic E-state index is 0. The fraction of sp³-hybridized carbons (Fsp3) is 0.462. The molecule has 0 aliphatic carbocycles. The van der Waals surface area contributed by atoms with Crippen molar-refractivity contribution in [2.24, 2.45) is 5.73 Å². The van der Waals surface area contributed by atoms with Crippen LogP contribution in [0.25, 0.3) is 0 Å². The van der Waals surface area contributed by atoms with Gasteiger partial charge in [-0.15, -0.1) is 12.4 Å². The van der Waals surface area contributed by atoms with Crippen LogP contribution < -0.4 is 15.8 Å². The minimum Gasteiger partial charge on any atom is -0.492 e. The number of hydrogen-bond donors (Lipinski definition) is 2. The van der Waals surface area contributed by atoms with Crippen LogP contribution in [0.3, 0.4) is 0 Å². The van der Waals surface area contributed by atoms with Gasteiger partial charge in [0.1, 0.15) is 5.75 Å². The molecule has 0 fully saturated rings. The van der Waals surface area contributed by atoms with Gasteiger partial charge in [-0.3, -0.25) is 4.79 Å². The number of benzene rings is 1. The molecule has 0 spiro atoms. The lowest BCUT2D eigenvalue weighted by Crippen LogP contribution is -2.35. The average molecular weight is 352 g/mol. The number of nitrogens with one attached hydrogen (secondary N) is 1. The van der Waals surface area contributed by atoms with Crippen LogP contribution in [-0.4, -0.2) is 18.6 Å². The Labute approximate surface area is 128 Å². The molecule has 1 rings (SSSR count). The summed E-state index contributed by atoms with van der Waals surface area (Å²) in [5, 5.41) is 2.80. The summed E-state index contributed by atoms with van der Waals surface area (Å²) < 4.78 is 6.38. The van der Waals surface area contributed by atoms with E-state index in [1.54, 1.807) is 6.07 Å². The first kappa shape index (κ1) is 18.2. The Morgan fingerprint density at radius 2 is 2.16 bits per heavy atom. The van der Waals surface area contributed by atoms with Crippen molar-refractivity contribution in [2.45, 2.75) is 32.7 Å². The van der Waals surface area contributed by atoms with E-state index in [1.807, 2.05) is 26.0 Å². The van der Waals surface area contributed by atoms with E-state index >= 15 is 0 Å². The van der Waals surface area contributed by atoms with Gasteiger partial charge in [0.15, 0.2) is 0 Å². The summed E-state index contributed by atoms with van der Waals surface area (Å²) in [5.41, 5.74) is 6.42. The molecule has 6 heteroatoms. The van der Waals surface area contributed by atoms with Crippen LogP contribution in [0.4, 0.5) is 5.69 Å². The molecule has 0 saturated heterocycles. The Balaban J connectivity index is 0.00000324. The molecule has 0 heterocycles. The third-order valence-corrected chi connectivity index (χ3v) is 2.93. The summed E-state index contributed by atoms with van der Waals surface area (Å²) in [5.74, 6) is 0.462. The van der Waals surface area contributed by atoms with E-state index in [1.165, 1.54) is 0 Å². The van der Waals surface area contributed by atoms with E-state index in [0.717, 1.165) is 10.9 Å². The lowest BCUT2D eigenvalue weighted by Gasteiger charge is -2.14. The molecular formula is C13H20BrClN2O2. The molecule has 0 aliphatic heterocycles. The highest BCUT2D eigenvalue weighted by molar-refractivity contribution is 9.10. The molecule has 0 saturated carbocycles. The van der Waals surface area contributed by atoms with Gasteiger partial charge in [-0.1, -0.05) is 29.3 Å². The zero-order valence-electron chi connectivity index (χ0n) is 11.1. The van der Waals surface area contributed by atoms with Gasteiger partial charge in [0.25, 0.3) is 0 Å². The van der Waals surface area contributed by atoms with Gasteiger partial charge in [0.2, 0.25) is 5.91 Å². The Hall–Kier alpha value is -0.780. The summed E-state index contributed by atoms with van der Waals surface area (Å²) in [6.07, 6.45) is 1.56. The fourth-order valence-electron chi connectivity index (χ4n) is 1.54. The number of nitrogens with two attached hydrogens (primary N) is 1. The molecule has 1 amide bonds. The van der Waals surface area contributed by atoms with E-state index < -0.39 is 6.04 Å². The number of carbonyl (C=O) groups excluding carboxylic acids is 1.